The molecule has 0 saturated heterocycles. The van der Waals surface area contributed by atoms with E-state index in [-0.39, 0.29) is 24.8 Å². The maximum absolute atomic E-state index is 11.9. The number of nitrogens with one attached hydrogen (secondary N) is 2. The second-order valence-corrected chi connectivity index (χ2v) is 5.66. The van der Waals surface area contributed by atoms with Crippen LogP contribution in [-0.2, 0) is 22.4 Å². The van der Waals surface area contributed by atoms with Crippen LogP contribution < -0.4 is 20.1 Å². The van der Waals surface area contributed by atoms with Crippen molar-refractivity contribution in [2.75, 3.05) is 27.3 Å². The molecule has 8 heteroatoms. The van der Waals surface area contributed by atoms with Gasteiger partial charge in [-0.05, 0) is 37.1 Å². The number of carbonyl (C=O) groups is 2. The predicted molar refractivity (Wildman–Crippen MR) is 94.2 cm³/mol. The minimum Gasteiger partial charge on any atom is -0.497 e. The maximum Gasteiger partial charge on any atom is 0.239 e. The normalized spacial score (nSPS) is 10.3. The van der Waals surface area contributed by atoms with E-state index in [1.165, 1.54) is 0 Å². The molecule has 0 spiro atoms. The zero-order valence-corrected chi connectivity index (χ0v) is 15.1. The molecule has 0 fully saturated rings. The highest BCUT2D eigenvalue weighted by molar-refractivity contribution is 5.85. The smallest absolute Gasteiger partial charge is 0.239 e. The van der Waals surface area contributed by atoms with Crippen molar-refractivity contribution < 1.29 is 23.6 Å². The summed E-state index contributed by atoms with van der Waals surface area (Å²) >= 11 is 0. The largest absolute Gasteiger partial charge is 0.497 e. The van der Waals surface area contributed by atoms with Crippen molar-refractivity contribution in [1.82, 2.24) is 15.8 Å². The van der Waals surface area contributed by atoms with Gasteiger partial charge in [-0.1, -0.05) is 5.16 Å². The molecule has 2 amide bonds. The fourth-order valence-electron chi connectivity index (χ4n) is 2.38. The van der Waals surface area contributed by atoms with Gasteiger partial charge in [0.15, 0.2) is 0 Å². The summed E-state index contributed by atoms with van der Waals surface area (Å²) < 4.78 is 15.4. The molecule has 0 atom stereocenters. The summed E-state index contributed by atoms with van der Waals surface area (Å²) in [7, 11) is 3.19. The lowest BCUT2D eigenvalue weighted by Crippen LogP contribution is -2.38. The van der Waals surface area contributed by atoms with E-state index in [0.717, 1.165) is 17.1 Å². The number of benzene rings is 1. The third-order valence-corrected chi connectivity index (χ3v) is 3.67. The molecule has 0 bridgehead atoms. The van der Waals surface area contributed by atoms with Crippen LogP contribution in [0, 0.1) is 6.92 Å². The first kappa shape index (κ1) is 19.3. The van der Waals surface area contributed by atoms with Gasteiger partial charge < -0.3 is 24.6 Å². The van der Waals surface area contributed by atoms with Gasteiger partial charge in [-0.25, -0.2) is 0 Å². The predicted octanol–water partition coefficient (Wildman–Crippen LogP) is 1.02. The van der Waals surface area contributed by atoms with Gasteiger partial charge in [0.2, 0.25) is 11.8 Å². The summed E-state index contributed by atoms with van der Waals surface area (Å²) in [6.07, 6.45) is 0.657. The number of carbonyl (C=O) groups excluding carboxylic acids is 2. The molecule has 1 aromatic heterocycles. The quantitative estimate of drug-likeness (QED) is 0.691. The lowest BCUT2D eigenvalue weighted by atomic mass is 10.1. The molecule has 0 unspecified atom stereocenters. The minimum absolute atomic E-state index is 0.0750. The molecular formula is C18H23N3O5. The van der Waals surface area contributed by atoms with Crippen molar-refractivity contribution >= 4 is 11.8 Å². The van der Waals surface area contributed by atoms with Gasteiger partial charge in [0.25, 0.3) is 0 Å². The molecule has 8 nitrogen and oxygen atoms in total. The van der Waals surface area contributed by atoms with Gasteiger partial charge in [-0.2, -0.15) is 0 Å². The molecule has 1 aromatic carbocycles. The highest BCUT2D eigenvalue weighted by atomic mass is 16.5. The summed E-state index contributed by atoms with van der Waals surface area (Å²) in [5.41, 5.74) is 1.46. The van der Waals surface area contributed by atoms with Crippen molar-refractivity contribution in [3.05, 3.63) is 41.3 Å². The fraction of sp³-hybridized carbons (Fsp3) is 0.389. The number of hydrogen-bond donors (Lipinski definition) is 2. The third kappa shape index (κ3) is 5.80. The number of rotatable bonds is 9. The molecule has 2 N–H and O–H groups in total. The Hall–Kier alpha value is -3.03. The Kier molecular flexibility index (Phi) is 7.02. The average Bonchev–Trinajstić information content (AvgIpc) is 3.04. The number of aryl methyl sites for hydroxylation is 1. The van der Waals surface area contributed by atoms with E-state index in [4.69, 9.17) is 14.0 Å². The van der Waals surface area contributed by atoms with Crippen molar-refractivity contribution in [2.45, 2.75) is 19.8 Å². The number of hydrogen-bond acceptors (Lipinski definition) is 6. The number of nitrogens with zero attached hydrogens (tertiary/aromatic N) is 1. The lowest BCUT2D eigenvalue weighted by Gasteiger charge is -2.11. The molecule has 1 heterocycles. The molecule has 140 valence electrons. The number of amides is 2. The van der Waals surface area contributed by atoms with Crippen LogP contribution in [0.4, 0.5) is 0 Å². The zero-order chi connectivity index (χ0) is 18.9. The van der Waals surface area contributed by atoms with Crippen molar-refractivity contribution in [3.63, 3.8) is 0 Å². The standard InChI is InChI=1S/C18H23N3O5/c1-12-8-14(21-26-12)10-17(22)20-11-18(23)19-7-6-13-9-15(24-2)4-5-16(13)25-3/h4-5,8-9H,6-7,10-11H2,1-3H3,(H,19,23)(H,20,22). The Labute approximate surface area is 151 Å². The fourth-order valence-corrected chi connectivity index (χ4v) is 2.38. The second-order valence-electron chi connectivity index (χ2n) is 5.66. The molecule has 0 aliphatic heterocycles. The van der Waals surface area contributed by atoms with Crippen LogP contribution in [0.5, 0.6) is 11.5 Å². The summed E-state index contributed by atoms with van der Waals surface area (Å²) in [4.78, 5) is 23.6. The summed E-state index contributed by atoms with van der Waals surface area (Å²) in [5, 5.41) is 9.05. The zero-order valence-electron chi connectivity index (χ0n) is 15.1. The van der Waals surface area contributed by atoms with Gasteiger partial charge in [0, 0.05) is 12.6 Å². The first-order chi connectivity index (χ1) is 12.5. The topological polar surface area (TPSA) is 103 Å². The lowest BCUT2D eigenvalue weighted by molar-refractivity contribution is -0.125. The minimum atomic E-state index is -0.289. The van der Waals surface area contributed by atoms with E-state index < -0.39 is 0 Å². The van der Waals surface area contributed by atoms with Crippen LogP contribution in [0.1, 0.15) is 17.0 Å². The summed E-state index contributed by atoms with van der Waals surface area (Å²) in [6.45, 7) is 2.07. The van der Waals surface area contributed by atoms with Crippen molar-refractivity contribution in [1.29, 1.82) is 0 Å². The molecule has 0 aliphatic rings. The van der Waals surface area contributed by atoms with Gasteiger partial charge in [-0.3, -0.25) is 9.59 Å². The highest BCUT2D eigenvalue weighted by Crippen LogP contribution is 2.24. The molecular weight excluding hydrogens is 338 g/mol. The molecule has 0 radical (unpaired) electrons. The van der Waals surface area contributed by atoms with E-state index >= 15 is 0 Å². The molecule has 0 aliphatic carbocycles. The molecule has 2 aromatic rings. The van der Waals surface area contributed by atoms with Crippen LogP contribution in [-0.4, -0.2) is 44.3 Å². The number of aromatic nitrogens is 1. The monoisotopic (exact) mass is 361 g/mol. The van der Waals surface area contributed by atoms with Crippen LogP contribution >= 0.6 is 0 Å². The highest BCUT2D eigenvalue weighted by Gasteiger charge is 2.10. The average molecular weight is 361 g/mol. The van der Waals surface area contributed by atoms with E-state index in [9.17, 15) is 9.59 Å². The second kappa shape index (κ2) is 9.45. The van der Waals surface area contributed by atoms with Gasteiger partial charge >= 0.3 is 0 Å². The Balaban J connectivity index is 1.72. The Bertz CT molecular complexity index is 757. The molecule has 2 rings (SSSR count). The van der Waals surface area contributed by atoms with E-state index in [1.807, 2.05) is 18.2 Å². The first-order valence-electron chi connectivity index (χ1n) is 8.18. The van der Waals surface area contributed by atoms with Gasteiger partial charge in [0.05, 0.1) is 32.9 Å². The summed E-state index contributed by atoms with van der Waals surface area (Å²) in [5.74, 6) is 1.54. The Morgan fingerprint density at radius 2 is 1.92 bits per heavy atom. The van der Waals surface area contributed by atoms with E-state index in [0.29, 0.717) is 24.4 Å². The first-order valence-corrected chi connectivity index (χ1v) is 8.18. The molecule has 0 saturated carbocycles. The number of methoxy groups -OCH3 is 2. The van der Waals surface area contributed by atoms with E-state index in [1.54, 1.807) is 27.2 Å². The number of ether oxygens (including phenoxy) is 2. The summed E-state index contributed by atoms with van der Waals surface area (Å²) in [6, 6.07) is 7.18. The Morgan fingerprint density at radius 3 is 2.58 bits per heavy atom. The SMILES string of the molecule is COc1ccc(OC)c(CCNC(=O)CNC(=O)Cc2cc(C)on2)c1. The van der Waals surface area contributed by atoms with Gasteiger partial charge in [0.1, 0.15) is 17.3 Å². The van der Waals surface area contributed by atoms with Crippen molar-refractivity contribution in [3.8, 4) is 11.5 Å². The van der Waals surface area contributed by atoms with Gasteiger partial charge in [-0.15, -0.1) is 0 Å². The third-order valence-electron chi connectivity index (χ3n) is 3.67. The van der Waals surface area contributed by atoms with E-state index in [2.05, 4.69) is 15.8 Å². The van der Waals surface area contributed by atoms with Crippen LogP contribution in [0.25, 0.3) is 0 Å². The van der Waals surface area contributed by atoms with Crippen LogP contribution in [0.2, 0.25) is 0 Å². The maximum atomic E-state index is 11.9. The van der Waals surface area contributed by atoms with Crippen molar-refractivity contribution in [2.24, 2.45) is 0 Å². The molecule has 26 heavy (non-hydrogen) atoms. The van der Waals surface area contributed by atoms with Crippen LogP contribution in [0.15, 0.2) is 28.8 Å². The Morgan fingerprint density at radius 1 is 1.12 bits per heavy atom. The van der Waals surface area contributed by atoms with Crippen LogP contribution in [0.3, 0.4) is 0 Å².